The summed E-state index contributed by atoms with van der Waals surface area (Å²) in [6, 6.07) is 9.92. The largest absolute Gasteiger partial charge is 0.486 e. The number of aromatic nitrogens is 1. The zero-order valence-corrected chi connectivity index (χ0v) is 24.3. The Morgan fingerprint density at radius 3 is 2.31 bits per heavy atom. The second-order valence-corrected chi connectivity index (χ2v) is 13.1. The van der Waals surface area contributed by atoms with Crippen molar-refractivity contribution in [2.24, 2.45) is 0 Å². The van der Waals surface area contributed by atoms with Gasteiger partial charge in [0, 0.05) is 37.3 Å². The highest BCUT2D eigenvalue weighted by molar-refractivity contribution is 7.89. The van der Waals surface area contributed by atoms with Crippen LogP contribution in [0.15, 0.2) is 41.3 Å². The standard InChI is InChI=1S/C27H34N4O6S2/c1-18-16-30(17-19(2)37-18)39(33,34)21-8-6-20(7-9-21)26(32)31(11-5-10-29(3)4)27-28-22-14-23-24(15-25(22)38-27)36-13-12-35-23/h6-9,14-15,18-19H,5,10-13,16-17H2,1-4H3/t18-,19+. The van der Waals surface area contributed by atoms with E-state index in [0.717, 1.165) is 23.2 Å². The van der Waals surface area contributed by atoms with Crippen molar-refractivity contribution in [1.82, 2.24) is 14.2 Å². The summed E-state index contributed by atoms with van der Waals surface area (Å²) < 4.78 is 46.0. The maximum Gasteiger partial charge on any atom is 0.260 e. The van der Waals surface area contributed by atoms with Crippen LogP contribution in [0.4, 0.5) is 5.13 Å². The first-order valence-electron chi connectivity index (χ1n) is 13.0. The van der Waals surface area contributed by atoms with Gasteiger partial charge in [-0.2, -0.15) is 4.31 Å². The highest BCUT2D eigenvalue weighted by Crippen LogP contribution is 2.39. The predicted octanol–water partition coefficient (Wildman–Crippen LogP) is 3.46. The van der Waals surface area contributed by atoms with E-state index >= 15 is 0 Å². The number of anilines is 1. The van der Waals surface area contributed by atoms with Crippen molar-refractivity contribution < 1.29 is 27.4 Å². The molecule has 1 saturated heterocycles. The van der Waals surface area contributed by atoms with Crippen LogP contribution in [-0.4, -0.2) is 94.2 Å². The Labute approximate surface area is 233 Å². The summed E-state index contributed by atoms with van der Waals surface area (Å²) in [5.74, 6) is 1.09. The summed E-state index contributed by atoms with van der Waals surface area (Å²) in [6.07, 6.45) is 0.382. The normalized spacial score (nSPS) is 19.9. The van der Waals surface area contributed by atoms with Gasteiger partial charge in [0.2, 0.25) is 10.0 Å². The molecule has 1 amide bonds. The summed E-state index contributed by atoms with van der Waals surface area (Å²) in [5.41, 5.74) is 1.13. The number of fused-ring (bicyclic) bond motifs is 2. The number of hydrogen-bond donors (Lipinski definition) is 0. The molecule has 2 aliphatic rings. The Balaban J connectivity index is 1.41. The van der Waals surface area contributed by atoms with E-state index in [4.69, 9.17) is 19.2 Å². The fourth-order valence-electron chi connectivity index (χ4n) is 4.80. The van der Waals surface area contributed by atoms with Crippen molar-refractivity contribution in [3.8, 4) is 11.5 Å². The number of benzene rings is 2. The van der Waals surface area contributed by atoms with Crippen LogP contribution < -0.4 is 14.4 Å². The third-order valence-corrected chi connectivity index (χ3v) is 9.52. The van der Waals surface area contributed by atoms with Gasteiger partial charge >= 0.3 is 0 Å². The molecule has 10 nitrogen and oxygen atoms in total. The van der Waals surface area contributed by atoms with Gasteiger partial charge in [0.1, 0.15) is 13.2 Å². The van der Waals surface area contributed by atoms with E-state index in [1.807, 2.05) is 40.1 Å². The van der Waals surface area contributed by atoms with Crippen molar-refractivity contribution in [2.45, 2.75) is 37.4 Å². The van der Waals surface area contributed by atoms with Gasteiger partial charge in [0.05, 0.1) is 27.3 Å². The molecule has 0 bridgehead atoms. The van der Waals surface area contributed by atoms with Crippen LogP contribution in [0, 0.1) is 0 Å². The van der Waals surface area contributed by atoms with Gasteiger partial charge < -0.3 is 19.1 Å². The number of rotatable bonds is 8. The van der Waals surface area contributed by atoms with Crippen LogP contribution in [0.5, 0.6) is 11.5 Å². The van der Waals surface area contributed by atoms with Gasteiger partial charge in [-0.25, -0.2) is 13.4 Å². The molecule has 0 aliphatic carbocycles. The average Bonchev–Trinajstić information content (AvgIpc) is 3.31. The first-order valence-corrected chi connectivity index (χ1v) is 15.3. The quantitative estimate of drug-likeness (QED) is 0.403. The number of nitrogens with zero attached hydrogens (tertiary/aromatic N) is 4. The Morgan fingerprint density at radius 1 is 1.03 bits per heavy atom. The zero-order valence-electron chi connectivity index (χ0n) is 22.6. The lowest BCUT2D eigenvalue weighted by Crippen LogP contribution is -2.48. The first kappa shape index (κ1) is 27.8. The molecule has 0 spiro atoms. The molecule has 2 aromatic carbocycles. The number of sulfonamides is 1. The molecule has 1 fully saturated rings. The monoisotopic (exact) mass is 574 g/mol. The van der Waals surface area contributed by atoms with Crippen LogP contribution in [0.2, 0.25) is 0 Å². The lowest BCUT2D eigenvalue weighted by atomic mass is 10.2. The summed E-state index contributed by atoms with van der Waals surface area (Å²) in [6.45, 7) is 6.57. The van der Waals surface area contributed by atoms with Gasteiger partial charge in [-0.1, -0.05) is 11.3 Å². The third-order valence-electron chi connectivity index (χ3n) is 6.63. The third kappa shape index (κ3) is 6.04. The summed E-state index contributed by atoms with van der Waals surface area (Å²) in [7, 11) is 0.276. The van der Waals surface area contributed by atoms with Crippen molar-refractivity contribution >= 4 is 42.6 Å². The molecule has 12 heteroatoms. The molecule has 1 aromatic heterocycles. The number of hydrogen-bond acceptors (Lipinski definition) is 9. The van der Waals surface area contributed by atoms with E-state index in [1.54, 1.807) is 17.0 Å². The lowest BCUT2D eigenvalue weighted by molar-refractivity contribution is -0.0440. The van der Waals surface area contributed by atoms with Crippen LogP contribution >= 0.6 is 11.3 Å². The molecular weight excluding hydrogens is 540 g/mol. The number of thiazole rings is 1. The lowest BCUT2D eigenvalue weighted by Gasteiger charge is -2.34. The maximum atomic E-state index is 13.8. The molecule has 3 heterocycles. The molecular formula is C27H34N4O6S2. The number of amides is 1. The molecule has 2 atom stereocenters. The zero-order chi connectivity index (χ0) is 27.7. The average molecular weight is 575 g/mol. The van der Waals surface area contributed by atoms with Gasteiger partial charge in [-0.15, -0.1) is 0 Å². The van der Waals surface area contributed by atoms with E-state index < -0.39 is 10.0 Å². The van der Waals surface area contributed by atoms with Crippen LogP contribution in [0.1, 0.15) is 30.6 Å². The second kappa shape index (κ2) is 11.4. The Bertz CT molecular complexity index is 1390. The number of carbonyl (C=O) groups is 1. The molecule has 39 heavy (non-hydrogen) atoms. The Kier molecular flexibility index (Phi) is 8.11. The number of carbonyl (C=O) groups excluding carboxylic acids is 1. The predicted molar refractivity (Wildman–Crippen MR) is 151 cm³/mol. The van der Waals surface area contributed by atoms with Gasteiger partial charge in [0.15, 0.2) is 16.6 Å². The highest BCUT2D eigenvalue weighted by atomic mass is 32.2. The maximum absolute atomic E-state index is 13.8. The van der Waals surface area contributed by atoms with Gasteiger partial charge in [0.25, 0.3) is 5.91 Å². The topological polar surface area (TPSA) is 102 Å². The minimum atomic E-state index is -3.70. The van der Waals surface area contributed by atoms with E-state index in [9.17, 15) is 13.2 Å². The second-order valence-electron chi connectivity index (χ2n) is 10.2. The smallest absolute Gasteiger partial charge is 0.260 e. The van der Waals surface area contributed by atoms with E-state index in [1.165, 1.54) is 27.8 Å². The molecule has 210 valence electrons. The molecule has 0 radical (unpaired) electrons. The van der Waals surface area contributed by atoms with Crippen LogP contribution in [0.25, 0.3) is 10.2 Å². The number of morpholine rings is 1. The Morgan fingerprint density at radius 2 is 1.67 bits per heavy atom. The van der Waals surface area contributed by atoms with E-state index in [2.05, 4.69) is 4.90 Å². The highest BCUT2D eigenvalue weighted by Gasteiger charge is 2.32. The Hall–Kier alpha value is -2.77. The minimum Gasteiger partial charge on any atom is -0.486 e. The number of ether oxygens (including phenoxy) is 3. The van der Waals surface area contributed by atoms with Crippen molar-refractivity contribution in [3.63, 3.8) is 0 Å². The summed E-state index contributed by atoms with van der Waals surface area (Å²) >= 11 is 1.42. The van der Waals surface area contributed by atoms with Crippen molar-refractivity contribution in [3.05, 3.63) is 42.0 Å². The van der Waals surface area contributed by atoms with Crippen molar-refractivity contribution in [1.29, 1.82) is 0 Å². The summed E-state index contributed by atoms with van der Waals surface area (Å²) in [4.78, 5) is 22.4. The SMILES string of the molecule is C[C@@H]1CN(S(=O)(=O)c2ccc(C(=O)N(CCCN(C)C)c3nc4cc5c(cc4s3)OCCO5)cc2)C[C@H](C)O1. The fourth-order valence-corrected chi connectivity index (χ4v) is 7.39. The van der Waals surface area contributed by atoms with Gasteiger partial charge in [-0.05, 0) is 65.2 Å². The summed E-state index contributed by atoms with van der Waals surface area (Å²) in [5, 5.41) is 0.573. The minimum absolute atomic E-state index is 0.157. The molecule has 5 rings (SSSR count). The molecule has 0 unspecified atom stereocenters. The fraction of sp³-hybridized carbons (Fsp3) is 0.481. The van der Waals surface area contributed by atoms with E-state index in [-0.39, 0.29) is 23.0 Å². The molecule has 2 aliphatic heterocycles. The van der Waals surface area contributed by atoms with Crippen molar-refractivity contribution in [2.75, 3.05) is 58.4 Å². The molecule has 0 N–H and O–H groups in total. The molecule has 0 saturated carbocycles. The first-order chi connectivity index (χ1) is 18.6. The van der Waals surface area contributed by atoms with Crippen LogP contribution in [-0.2, 0) is 14.8 Å². The van der Waals surface area contributed by atoms with E-state index in [0.29, 0.717) is 55.0 Å². The van der Waals surface area contributed by atoms with Crippen LogP contribution in [0.3, 0.4) is 0 Å². The molecule has 3 aromatic rings. The van der Waals surface area contributed by atoms with Gasteiger partial charge in [-0.3, -0.25) is 9.69 Å².